The maximum atomic E-state index is 8.75. The number of hydrogen-bond donors (Lipinski definition) is 0. The van der Waals surface area contributed by atoms with Crippen molar-refractivity contribution in [3.63, 3.8) is 0 Å². The van der Waals surface area contributed by atoms with Crippen LogP contribution in [0.3, 0.4) is 0 Å². The zero-order valence-electron chi connectivity index (χ0n) is 12.2. The summed E-state index contributed by atoms with van der Waals surface area (Å²) < 4.78 is 5.71. The van der Waals surface area contributed by atoms with Crippen LogP contribution in [0.4, 0.5) is 0 Å². The predicted molar refractivity (Wildman–Crippen MR) is 81.8 cm³/mol. The van der Waals surface area contributed by atoms with E-state index in [0.717, 1.165) is 25.4 Å². The van der Waals surface area contributed by atoms with Crippen LogP contribution in [0.1, 0.15) is 18.1 Å². The van der Waals surface area contributed by atoms with Crippen LogP contribution in [-0.4, -0.2) is 29.6 Å². The molecule has 2 rings (SSSR count). The molecule has 0 radical (unpaired) electrons. The molecule has 0 fully saturated rings. The third-order valence-electron chi connectivity index (χ3n) is 3.26. The Morgan fingerprint density at radius 2 is 1.86 bits per heavy atom. The van der Waals surface area contributed by atoms with E-state index in [2.05, 4.69) is 22.9 Å². The highest BCUT2D eigenvalue weighted by atomic mass is 16.5. The first-order chi connectivity index (χ1) is 10.3. The van der Waals surface area contributed by atoms with E-state index in [1.807, 2.05) is 36.7 Å². The molecule has 0 saturated heterocycles. The van der Waals surface area contributed by atoms with E-state index in [1.165, 1.54) is 5.56 Å². The van der Waals surface area contributed by atoms with Crippen molar-refractivity contribution in [1.29, 1.82) is 5.26 Å². The van der Waals surface area contributed by atoms with Crippen LogP contribution in [0.5, 0.6) is 5.75 Å². The zero-order valence-corrected chi connectivity index (χ0v) is 12.2. The van der Waals surface area contributed by atoms with E-state index in [0.29, 0.717) is 12.2 Å². The number of pyridine rings is 1. The number of likely N-dealkylation sites (N-methyl/N-ethyl adjacent to an activating group) is 1. The standard InChI is InChI=1S/C17H19N3O/c1-2-20(14-16-7-9-19-10-8-16)11-12-21-17-5-3-15(13-18)4-6-17/h3-10H,2,11-12,14H2,1H3. The van der Waals surface area contributed by atoms with Crippen molar-refractivity contribution in [2.24, 2.45) is 0 Å². The monoisotopic (exact) mass is 281 g/mol. The summed E-state index contributed by atoms with van der Waals surface area (Å²) >= 11 is 0. The lowest BCUT2D eigenvalue weighted by Gasteiger charge is -2.20. The SMILES string of the molecule is CCN(CCOc1ccc(C#N)cc1)Cc1ccncc1. The molecule has 21 heavy (non-hydrogen) atoms. The summed E-state index contributed by atoms with van der Waals surface area (Å²) in [5.74, 6) is 0.800. The number of nitriles is 1. The predicted octanol–water partition coefficient (Wildman–Crippen LogP) is 2.85. The molecule has 0 spiro atoms. The molecule has 0 amide bonds. The van der Waals surface area contributed by atoms with E-state index in [4.69, 9.17) is 10.00 Å². The Morgan fingerprint density at radius 1 is 1.14 bits per heavy atom. The lowest BCUT2D eigenvalue weighted by atomic mass is 10.2. The van der Waals surface area contributed by atoms with Crippen molar-refractivity contribution in [2.45, 2.75) is 13.5 Å². The Hall–Kier alpha value is -2.38. The second-order valence-electron chi connectivity index (χ2n) is 4.71. The van der Waals surface area contributed by atoms with Crippen LogP contribution in [0.2, 0.25) is 0 Å². The summed E-state index contributed by atoms with van der Waals surface area (Å²) in [5, 5.41) is 8.75. The molecular weight excluding hydrogens is 262 g/mol. The van der Waals surface area contributed by atoms with Crippen molar-refractivity contribution in [3.8, 4) is 11.8 Å². The molecule has 108 valence electrons. The molecule has 1 aromatic heterocycles. The molecule has 0 aliphatic carbocycles. The van der Waals surface area contributed by atoms with Gasteiger partial charge in [0.2, 0.25) is 0 Å². The number of aromatic nitrogens is 1. The minimum Gasteiger partial charge on any atom is -0.492 e. The van der Waals surface area contributed by atoms with Gasteiger partial charge in [-0.1, -0.05) is 6.92 Å². The van der Waals surface area contributed by atoms with Gasteiger partial charge in [0.1, 0.15) is 12.4 Å². The van der Waals surface area contributed by atoms with Crippen molar-refractivity contribution < 1.29 is 4.74 Å². The molecule has 0 aliphatic rings. The fourth-order valence-electron chi connectivity index (χ4n) is 2.01. The maximum Gasteiger partial charge on any atom is 0.119 e. The van der Waals surface area contributed by atoms with E-state index in [1.54, 1.807) is 12.1 Å². The van der Waals surface area contributed by atoms with Crippen molar-refractivity contribution in [2.75, 3.05) is 19.7 Å². The molecule has 0 bridgehead atoms. The van der Waals surface area contributed by atoms with Crippen LogP contribution in [0, 0.1) is 11.3 Å². The molecule has 0 N–H and O–H groups in total. The number of rotatable bonds is 7. The average Bonchev–Trinajstić information content (AvgIpc) is 2.55. The summed E-state index contributed by atoms with van der Waals surface area (Å²) in [5.41, 5.74) is 1.90. The Bertz CT molecular complexity index is 575. The Labute approximate surface area is 125 Å². The summed E-state index contributed by atoms with van der Waals surface area (Å²) in [7, 11) is 0. The molecule has 0 unspecified atom stereocenters. The van der Waals surface area contributed by atoms with Crippen LogP contribution in [-0.2, 0) is 6.54 Å². The number of benzene rings is 1. The van der Waals surface area contributed by atoms with Gasteiger partial charge < -0.3 is 4.74 Å². The van der Waals surface area contributed by atoms with Gasteiger partial charge in [-0.2, -0.15) is 5.26 Å². The third kappa shape index (κ3) is 4.90. The average molecular weight is 281 g/mol. The molecular formula is C17H19N3O. The van der Waals surface area contributed by atoms with Crippen molar-refractivity contribution in [1.82, 2.24) is 9.88 Å². The summed E-state index contributed by atoms with van der Waals surface area (Å²) in [6, 6.07) is 13.4. The van der Waals surface area contributed by atoms with E-state index in [-0.39, 0.29) is 0 Å². The van der Waals surface area contributed by atoms with E-state index >= 15 is 0 Å². The van der Waals surface area contributed by atoms with E-state index < -0.39 is 0 Å². The number of nitrogens with zero attached hydrogens (tertiary/aromatic N) is 3. The van der Waals surface area contributed by atoms with Gasteiger partial charge in [-0.25, -0.2) is 0 Å². The highest BCUT2D eigenvalue weighted by Gasteiger charge is 2.04. The van der Waals surface area contributed by atoms with Gasteiger partial charge in [0.15, 0.2) is 0 Å². The zero-order chi connectivity index (χ0) is 14.9. The number of hydrogen-bond acceptors (Lipinski definition) is 4. The molecule has 1 heterocycles. The highest BCUT2D eigenvalue weighted by molar-refractivity contribution is 5.34. The Morgan fingerprint density at radius 3 is 2.48 bits per heavy atom. The quantitative estimate of drug-likeness (QED) is 0.783. The topological polar surface area (TPSA) is 49.1 Å². The third-order valence-corrected chi connectivity index (χ3v) is 3.26. The van der Waals surface area contributed by atoms with Crippen LogP contribution < -0.4 is 4.74 Å². The van der Waals surface area contributed by atoms with Crippen LogP contribution >= 0.6 is 0 Å². The first-order valence-corrected chi connectivity index (χ1v) is 7.06. The second-order valence-corrected chi connectivity index (χ2v) is 4.71. The Balaban J connectivity index is 1.79. The van der Waals surface area contributed by atoms with Crippen molar-refractivity contribution in [3.05, 3.63) is 59.9 Å². The van der Waals surface area contributed by atoms with Gasteiger partial charge in [-0.3, -0.25) is 9.88 Å². The Kier molecular flexibility index (Phi) is 5.74. The van der Waals surface area contributed by atoms with Gasteiger partial charge >= 0.3 is 0 Å². The summed E-state index contributed by atoms with van der Waals surface area (Å²) in [6.45, 7) is 5.50. The fraction of sp³-hybridized carbons (Fsp3) is 0.294. The van der Waals surface area contributed by atoms with E-state index in [9.17, 15) is 0 Å². The van der Waals surface area contributed by atoms with Crippen molar-refractivity contribution >= 4 is 0 Å². The molecule has 0 aliphatic heterocycles. The van der Waals surface area contributed by atoms with Gasteiger partial charge in [-0.15, -0.1) is 0 Å². The molecule has 4 heteroatoms. The molecule has 1 aromatic carbocycles. The van der Waals surface area contributed by atoms with Gasteiger partial charge in [0.05, 0.1) is 11.6 Å². The molecule has 0 saturated carbocycles. The number of ether oxygens (including phenoxy) is 1. The minimum atomic E-state index is 0.630. The first-order valence-electron chi connectivity index (χ1n) is 7.06. The summed E-state index contributed by atoms with van der Waals surface area (Å²) in [6.07, 6.45) is 3.63. The normalized spacial score (nSPS) is 10.3. The maximum absolute atomic E-state index is 8.75. The first kappa shape index (κ1) is 15.0. The largest absolute Gasteiger partial charge is 0.492 e. The lowest BCUT2D eigenvalue weighted by Crippen LogP contribution is -2.27. The van der Waals surface area contributed by atoms with Gasteiger partial charge in [-0.05, 0) is 48.5 Å². The van der Waals surface area contributed by atoms with Crippen LogP contribution in [0.15, 0.2) is 48.8 Å². The second kappa shape index (κ2) is 8.03. The van der Waals surface area contributed by atoms with Crippen LogP contribution in [0.25, 0.3) is 0 Å². The van der Waals surface area contributed by atoms with Gasteiger partial charge in [0, 0.05) is 25.5 Å². The minimum absolute atomic E-state index is 0.630. The fourth-order valence-corrected chi connectivity index (χ4v) is 2.01. The lowest BCUT2D eigenvalue weighted by molar-refractivity contribution is 0.210. The molecule has 0 atom stereocenters. The molecule has 4 nitrogen and oxygen atoms in total. The van der Waals surface area contributed by atoms with Gasteiger partial charge in [0.25, 0.3) is 0 Å². The smallest absolute Gasteiger partial charge is 0.119 e. The highest BCUT2D eigenvalue weighted by Crippen LogP contribution is 2.11. The molecule has 2 aromatic rings. The summed E-state index contributed by atoms with van der Waals surface area (Å²) in [4.78, 5) is 6.35.